The number of alkyl halides is 2. The molecule has 17 heavy (non-hydrogen) atoms. The first-order valence-electron chi connectivity index (χ1n) is 4.84. The van der Waals surface area contributed by atoms with E-state index in [1.807, 2.05) is 0 Å². The molecule has 0 aromatic heterocycles. The number of halogens is 4. The predicted molar refractivity (Wildman–Crippen MR) is 61.3 cm³/mol. The summed E-state index contributed by atoms with van der Waals surface area (Å²) in [5, 5.41) is 3.19. The Hall–Kier alpha value is -0.780. The molecule has 1 heterocycles. The Bertz CT molecular complexity index is 390. The van der Waals surface area contributed by atoms with Crippen LogP contribution in [0.4, 0.5) is 14.5 Å². The smallest absolute Gasteiger partial charge is 0.387 e. The van der Waals surface area contributed by atoms with Gasteiger partial charge < -0.3 is 14.8 Å². The third-order valence-corrected chi connectivity index (χ3v) is 2.78. The molecular weight excluding hydrogens is 275 g/mol. The number of benzene rings is 1. The van der Waals surface area contributed by atoms with Crippen LogP contribution < -0.4 is 10.1 Å². The Morgan fingerprint density at radius 1 is 1.29 bits per heavy atom. The molecule has 0 radical (unpaired) electrons. The van der Waals surface area contributed by atoms with E-state index in [-0.39, 0.29) is 21.8 Å². The van der Waals surface area contributed by atoms with Crippen LogP contribution in [-0.2, 0) is 4.74 Å². The molecule has 94 valence electrons. The van der Waals surface area contributed by atoms with E-state index >= 15 is 0 Å². The van der Waals surface area contributed by atoms with Crippen LogP contribution in [0.15, 0.2) is 12.1 Å². The van der Waals surface area contributed by atoms with Crippen LogP contribution in [0.3, 0.4) is 0 Å². The molecule has 0 unspecified atom stereocenters. The second kappa shape index (κ2) is 5.25. The van der Waals surface area contributed by atoms with Gasteiger partial charge in [-0.15, -0.1) is 0 Å². The Labute approximate surface area is 107 Å². The Morgan fingerprint density at radius 2 is 1.88 bits per heavy atom. The third kappa shape index (κ3) is 3.12. The molecular formula is C10H9Cl2F2NO2. The molecule has 2 rings (SSSR count). The van der Waals surface area contributed by atoms with Crippen LogP contribution in [0.5, 0.6) is 5.75 Å². The average Bonchev–Trinajstić information content (AvgIpc) is 2.17. The van der Waals surface area contributed by atoms with Crippen LogP contribution in [0.2, 0.25) is 10.0 Å². The minimum absolute atomic E-state index is 0.0422. The van der Waals surface area contributed by atoms with Gasteiger partial charge in [-0.2, -0.15) is 8.78 Å². The van der Waals surface area contributed by atoms with Gasteiger partial charge in [-0.05, 0) is 12.1 Å². The summed E-state index contributed by atoms with van der Waals surface area (Å²) in [6.07, 6.45) is 0. The summed E-state index contributed by atoms with van der Waals surface area (Å²) in [5.74, 6) is -0.209. The third-order valence-electron chi connectivity index (χ3n) is 2.21. The maximum absolute atomic E-state index is 12.1. The van der Waals surface area contributed by atoms with Crippen molar-refractivity contribution in [1.29, 1.82) is 0 Å². The maximum atomic E-state index is 12.1. The van der Waals surface area contributed by atoms with Crippen LogP contribution in [0, 0.1) is 0 Å². The quantitative estimate of drug-likeness (QED) is 0.919. The highest BCUT2D eigenvalue weighted by Crippen LogP contribution is 2.37. The molecule has 1 aliphatic heterocycles. The monoisotopic (exact) mass is 283 g/mol. The minimum atomic E-state index is -2.95. The summed E-state index contributed by atoms with van der Waals surface area (Å²) in [6.45, 7) is -1.75. The van der Waals surface area contributed by atoms with Crippen molar-refractivity contribution < 1.29 is 18.3 Å². The molecule has 0 saturated carbocycles. The first-order chi connectivity index (χ1) is 8.06. The number of anilines is 1. The van der Waals surface area contributed by atoms with E-state index in [1.54, 1.807) is 0 Å². The predicted octanol–water partition coefficient (Wildman–Crippen LogP) is 3.41. The largest absolute Gasteiger partial charge is 0.432 e. The lowest BCUT2D eigenvalue weighted by atomic mass is 10.2. The standard InChI is InChI=1S/C10H9Cl2F2NO2/c11-7-1-5(15-6-3-16-4-6)2-8(12)9(7)17-10(13)14/h1-2,6,10,15H,3-4H2. The molecule has 0 bridgehead atoms. The highest BCUT2D eigenvalue weighted by Gasteiger charge is 2.20. The highest BCUT2D eigenvalue weighted by atomic mass is 35.5. The van der Waals surface area contributed by atoms with E-state index in [0.29, 0.717) is 18.9 Å². The number of ether oxygens (including phenoxy) is 2. The summed E-state index contributed by atoms with van der Waals surface area (Å²) in [5.41, 5.74) is 0.648. The van der Waals surface area contributed by atoms with Gasteiger partial charge in [-0.3, -0.25) is 0 Å². The average molecular weight is 284 g/mol. The molecule has 1 aromatic rings. The lowest BCUT2D eigenvalue weighted by Gasteiger charge is -2.28. The van der Waals surface area contributed by atoms with E-state index < -0.39 is 6.61 Å². The fourth-order valence-electron chi connectivity index (χ4n) is 1.40. The van der Waals surface area contributed by atoms with E-state index in [4.69, 9.17) is 27.9 Å². The van der Waals surface area contributed by atoms with Crippen LogP contribution in [0.25, 0.3) is 0 Å². The summed E-state index contributed by atoms with van der Waals surface area (Å²) in [7, 11) is 0. The topological polar surface area (TPSA) is 30.5 Å². The van der Waals surface area contributed by atoms with Crippen molar-refractivity contribution in [3.05, 3.63) is 22.2 Å². The second-order valence-corrected chi connectivity index (χ2v) is 4.34. The maximum Gasteiger partial charge on any atom is 0.387 e. The van der Waals surface area contributed by atoms with Gasteiger partial charge in [0.05, 0.1) is 29.3 Å². The number of hydrogen-bond acceptors (Lipinski definition) is 3. The van der Waals surface area contributed by atoms with Crippen molar-refractivity contribution in [1.82, 2.24) is 0 Å². The normalized spacial score (nSPS) is 15.8. The first-order valence-corrected chi connectivity index (χ1v) is 5.60. The van der Waals surface area contributed by atoms with Gasteiger partial charge >= 0.3 is 6.61 Å². The Balaban J connectivity index is 2.15. The van der Waals surface area contributed by atoms with Gasteiger partial charge in [0.2, 0.25) is 0 Å². The summed E-state index contributed by atoms with van der Waals surface area (Å²) in [6, 6.07) is 3.18. The van der Waals surface area contributed by atoms with Gasteiger partial charge in [-0.25, -0.2) is 0 Å². The minimum Gasteiger partial charge on any atom is -0.432 e. The molecule has 1 aliphatic rings. The Kier molecular flexibility index (Phi) is 3.91. The Morgan fingerprint density at radius 3 is 2.29 bits per heavy atom. The molecule has 0 atom stereocenters. The summed E-state index contributed by atoms with van der Waals surface area (Å²) >= 11 is 11.6. The molecule has 1 N–H and O–H groups in total. The van der Waals surface area contributed by atoms with Crippen LogP contribution in [0.1, 0.15) is 0 Å². The van der Waals surface area contributed by atoms with Crippen molar-refractivity contribution in [3.8, 4) is 5.75 Å². The molecule has 1 saturated heterocycles. The zero-order chi connectivity index (χ0) is 12.4. The van der Waals surface area contributed by atoms with Gasteiger partial charge in [0, 0.05) is 5.69 Å². The summed E-state index contributed by atoms with van der Waals surface area (Å²) < 4.78 is 33.4. The van der Waals surface area contributed by atoms with E-state index in [9.17, 15) is 8.78 Å². The van der Waals surface area contributed by atoms with Crippen molar-refractivity contribution in [2.45, 2.75) is 12.7 Å². The van der Waals surface area contributed by atoms with Crippen molar-refractivity contribution in [2.75, 3.05) is 18.5 Å². The van der Waals surface area contributed by atoms with Crippen molar-refractivity contribution >= 4 is 28.9 Å². The molecule has 0 aliphatic carbocycles. The molecule has 0 spiro atoms. The van der Waals surface area contributed by atoms with E-state index in [2.05, 4.69) is 10.1 Å². The number of nitrogens with one attached hydrogen (secondary N) is 1. The van der Waals surface area contributed by atoms with Crippen LogP contribution in [-0.4, -0.2) is 25.9 Å². The van der Waals surface area contributed by atoms with Gasteiger partial charge in [0.1, 0.15) is 0 Å². The molecule has 1 aromatic carbocycles. The highest BCUT2D eigenvalue weighted by molar-refractivity contribution is 6.37. The number of hydrogen-bond donors (Lipinski definition) is 1. The number of rotatable bonds is 4. The van der Waals surface area contributed by atoms with Gasteiger partial charge in [0.15, 0.2) is 5.75 Å². The second-order valence-electron chi connectivity index (χ2n) is 3.53. The lowest BCUT2D eigenvalue weighted by molar-refractivity contribution is -0.0497. The van der Waals surface area contributed by atoms with Gasteiger partial charge in [-0.1, -0.05) is 23.2 Å². The molecule has 7 heteroatoms. The van der Waals surface area contributed by atoms with Gasteiger partial charge in [0.25, 0.3) is 0 Å². The van der Waals surface area contributed by atoms with E-state index in [0.717, 1.165) is 0 Å². The SMILES string of the molecule is FC(F)Oc1c(Cl)cc(NC2COC2)cc1Cl. The zero-order valence-corrected chi connectivity index (χ0v) is 10.1. The zero-order valence-electron chi connectivity index (χ0n) is 8.55. The lowest BCUT2D eigenvalue weighted by Crippen LogP contribution is -2.40. The first kappa shape index (κ1) is 12.7. The summed E-state index contributed by atoms with van der Waals surface area (Å²) in [4.78, 5) is 0. The fraction of sp³-hybridized carbons (Fsp3) is 0.400. The van der Waals surface area contributed by atoms with Crippen molar-refractivity contribution in [3.63, 3.8) is 0 Å². The molecule has 3 nitrogen and oxygen atoms in total. The molecule has 0 amide bonds. The molecule has 1 fully saturated rings. The van der Waals surface area contributed by atoms with Crippen molar-refractivity contribution in [2.24, 2.45) is 0 Å². The van der Waals surface area contributed by atoms with E-state index in [1.165, 1.54) is 12.1 Å². The fourth-order valence-corrected chi connectivity index (χ4v) is 1.98. The van der Waals surface area contributed by atoms with Crippen LogP contribution >= 0.6 is 23.2 Å².